The van der Waals surface area contributed by atoms with E-state index in [0.29, 0.717) is 22.6 Å². The average Bonchev–Trinajstić information content (AvgIpc) is 2.81. The van der Waals surface area contributed by atoms with Gasteiger partial charge in [-0.1, -0.05) is 0 Å². The summed E-state index contributed by atoms with van der Waals surface area (Å²) in [5, 5.41) is 5.23. The molecule has 0 aliphatic heterocycles. The Morgan fingerprint density at radius 3 is 2.84 bits per heavy atom. The number of rotatable bonds is 2. The maximum Gasteiger partial charge on any atom is 0.251 e. The van der Waals surface area contributed by atoms with Crippen LogP contribution in [0.3, 0.4) is 0 Å². The molecule has 3 rings (SSSR count). The highest BCUT2D eigenvalue weighted by Gasteiger charge is 2.14. The monoisotopic (exact) mass is 253 g/mol. The van der Waals surface area contributed by atoms with Gasteiger partial charge >= 0.3 is 0 Å². The molecule has 0 aliphatic carbocycles. The van der Waals surface area contributed by atoms with E-state index in [4.69, 9.17) is 5.73 Å². The lowest BCUT2D eigenvalue weighted by Gasteiger charge is -2.08. The number of amides is 1. The molecule has 3 heterocycles. The molecule has 2 N–H and O–H groups in total. The minimum atomic E-state index is -0.506. The quantitative estimate of drug-likeness (QED) is 0.744. The van der Waals surface area contributed by atoms with Crippen LogP contribution >= 0.6 is 0 Å². The second kappa shape index (κ2) is 4.16. The Bertz CT molecular complexity index is 745. The highest BCUT2D eigenvalue weighted by Crippen LogP contribution is 2.19. The van der Waals surface area contributed by atoms with Crippen LogP contribution in [0, 0.1) is 6.92 Å². The van der Waals surface area contributed by atoms with Crippen molar-refractivity contribution in [3.63, 3.8) is 0 Å². The summed E-state index contributed by atoms with van der Waals surface area (Å²) in [5.41, 5.74) is 7.67. The Kier molecular flexibility index (Phi) is 2.49. The number of nitrogens with two attached hydrogens (primary N) is 1. The second-order valence-corrected chi connectivity index (χ2v) is 4.15. The number of fused-ring (bicyclic) bond motifs is 1. The number of nitrogens with zero attached hydrogens (tertiary/aromatic N) is 4. The first-order chi connectivity index (χ1) is 9.16. The molecule has 0 unspecified atom stereocenters. The topological polar surface area (TPSA) is 86.7 Å². The summed E-state index contributed by atoms with van der Waals surface area (Å²) >= 11 is 0. The molecule has 19 heavy (non-hydrogen) atoms. The molecule has 6 heteroatoms. The van der Waals surface area contributed by atoms with E-state index in [9.17, 15) is 4.79 Å². The van der Waals surface area contributed by atoms with Crippen molar-refractivity contribution in [1.82, 2.24) is 19.7 Å². The molecule has 0 saturated carbocycles. The van der Waals surface area contributed by atoms with Crippen molar-refractivity contribution in [2.24, 2.45) is 5.73 Å². The summed E-state index contributed by atoms with van der Waals surface area (Å²) in [5.74, 6) is -0.506. The van der Waals surface area contributed by atoms with Gasteiger partial charge in [-0.25, -0.2) is 9.67 Å². The Morgan fingerprint density at radius 2 is 2.11 bits per heavy atom. The minimum absolute atomic E-state index is 0.389. The zero-order valence-corrected chi connectivity index (χ0v) is 10.2. The highest BCUT2D eigenvalue weighted by atomic mass is 16.1. The number of hydrogen-bond donors (Lipinski definition) is 1. The van der Waals surface area contributed by atoms with Gasteiger partial charge in [0.2, 0.25) is 0 Å². The predicted octanol–water partition coefficient (Wildman–Crippen LogP) is 1.22. The van der Waals surface area contributed by atoms with Gasteiger partial charge in [0.15, 0.2) is 5.65 Å². The van der Waals surface area contributed by atoms with E-state index in [1.807, 2.05) is 19.1 Å². The van der Waals surface area contributed by atoms with Crippen molar-refractivity contribution in [1.29, 1.82) is 0 Å². The summed E-state index contributed by atoms with van der Waals surface area (Å²) in [6.45, 7) is 1.81. The second-order valence-electron chi connectivity index (χ2n) is 4.15. The maximum absolute atomic E-state index is 11.5. The Morgan fingerprint density at radius 1 is 1.26 bits per heavy atom. The van der Waals surface area contributed by atoms with Gasteiger partial charge in [0.05, 0.1) is 16.9 Å². The lowest BCUT2D eigenvalue weighted by atomic mass is 10.1. The van der Waals surface area contributed by atoms with Gasteiger partial charge in [0.25, 0.3) is 5.91 Å². The van der Waals surface area contributed by atoms with Crippen molar-refractivity contribution in [2.45, 2.75) is 6.92 Å². The van der Waals surface area contributed by atoms with Crippen molar-refractivity contribution in [2.75, 3.05) is 0 Å². The first-order valence-corrected chi connectivity index (χ1v) is 5.73. The summed E-state index contributed by atoms with van der Waals surface area (Å²) in [4.78, 5) is 19.8. The van der Waals surface area contributed by atoms with E-state index in [1.165, 1.54) is 0 Å². The van der Waals surface area contributed by atoms with Gasteiger partial charge in [-0.3, -0.25) is 9.78 Å². The molecule has 0 bridgehead atoms. The normalized spacial score (nSPS) is 10.8. The number of pyridine rings is 2. The molecule has 6 nitrogen and oxygen atoms in total. The van der Waals surface area contributed by atoms with Gasteiger partial charge in [-0.05, 0) is 25.1 Å². The Labute approximate surface area is 108 Å². The third-order valence-electron chi connectivity index (χ3n) is 2.88. The Balaban J connectivity index is 2.29. The molecule has 0 saturated heterocycles. The van der Waals surface area contributed by atoms with E-state index >= 15 is 0 Å². The van der Waals surface area contributed by atoms with Crippen LogP contribution in [0.2, 0.25) is 0 Å². The molecule has 3 aromatic rings. The van der Waals surface area contributed by atoms with Crippen molar-refractivity contribution in [3.8, 4) is 5.69 Å². The smallest absolute Gasteiger partial charge is 0.251 e. The third-order valence-corrected chi connectivity index (χ3v) is 2.88. The summed E-state index contributed by atoms with van der Waals surface area (Å²) in [7, 11) is 0. The molecule has 0 fully saturated rings. The van der Waals surface area contributed by atoms with Crippen LogP contribution in [0.4, 0.5) is 0 Å². The van der Waals surface area contributed by atoms with Crippen LogP contribution < -0.4 is 5.73 Å². The SMILES string of the molecule is Cc1nccc(C(N)=O)c1-n1cc2cccnc2n1. The van der Waals surface area contributed by atoms with E-state index < -0.39 is 5.91 Å². The van der Waals surface area contributed by atoms with Crippen LogP contribution in [0.5, 0.6) is 0 Å². The third kappa shape index (κ3) is 1.83. The van der Waals surface area contributed by atoms with Gasteiger partial charge in [0.1, 0.15) is 0 Å². The molecule has 3 aromatic heterocycles. The molecule has 0 atom stereocenters. The van der Waals surface area contributed by atoms with E-state index in [2.05, 4.69) is 15.1 Å². The van der Waals surface area contributed by atoms with Gasteiger partial charge in [0, 0.05) is 24.0 Å². The molecular formula is C13H11N5O. The number of carbonyl (C=O) groups excluding carboxylic acids is 1. The summed E-state index contributed by atoms with van der Waals surface area (Å²) in [6, 6.07) is 5.32. The molecule has 0 aromatic carbocycles. The first-order valence-electron chi connectivity index (χ1n) is 5.73. The lowest BCUT2D eigenvalue weighted by Crippen LogP contribution is -2.16. The van der Waals surface area contributed by atoms with Crippen LogP contribution in [0.25, 0.3) is 16.7 Å². The fraction of sp³-hybridized carbons (Fsp3) is 0.0769. The van der Waals surface area contributed by atoms with Crippen molar-refractivity contribution < 1.29 is 4.79 Å². The largest absolute Gasteiger partial charge is 0.366 e. The van der Waals surface area contributed by atoms with Gasteiger partial charge in [-0.15, -0.1) is 5.10 Å². The van der Waals surface area contributed by atoms with E-state index in [-0.39, 0.29) is 0 Å². The molecule has 0 aliphatic rings. The fourth-order valence-corrected chi connectivity index (χ4v) is 2.02. The predicted molar refractivity (Wildman–Crippen MR) is 69.9 cm³/mol. The standard InChI is InChI=1S/C13H11N5O/c1-8-11(10(12(14)19)4-6-15-8)18-7-9-3-2-5-16-13(9)17-18/h2-7H,1H3,(H2,14,19). The van der Waals surface area contributed by atoms with Crippen molar-refractivity contribution >= 4 is 16.9 Å². The van der Waals surface area contributed by atoms with Gasteiger partial charge in [-0.2, -0.15) is 0 Å². The average molecular weight is 253 g/mol. The van der Waals surface area contributed by atoms with Crippen molar-refractivity contribution in [3.05, 3.63) is 48.0 Å². The fourth-order valence-electron chi connectivity index (χ4n) is 2.02. The number of primary amides is 1. The minimum Gasteiger partial charge on any atom is -0.366 e. The van der Waals surface area contributed by atoms with Crippen LogP contribution in [0.1, 0.15) is 16.1 Å². The summed E-state index contributed by atoms with van der Waals surface area (Å²) in [6.07, 6.45) is 5.03. The van der Waals surface area contributed by atoms with E-state index in [0.717, 1.165) is 5.39 Å². The zero-order chi connectivity index (χ0) is 13.4. The molecule has 94 valence electrons. The van der Waals surface area contributed by atoms with Crippen LogP contribution in [0.15, 0.2) is 36.8 Å². The Hall–Kier alpha value is -2.76. The maximum atomic E-state index is 11.5. The highest BCUT2D eigenvalue weighted by molar-refractivity contribution is 5.96. The zero-order valence-electron chi connectivity index (χ0n) is 10.2. The number of aryl methyl sites for hydroxylation is 1. The number of hydrogen-bond acceptors (Lipinski definition) is 4. The van der Waals surface area contributed by atoms with Gasteiger partial charge < -0.3 is 5.73 Å². The first kappa shape index (κ1) is 11.3. The van der Waals surface area contributed by atoms with Crippen LogP contribution in [-0.4, -0.2) is 25.7 Å². The van der Waals surface area contributed by atoms with Crippen LogP contribution in [-0.2, 0) is 0 Å². The number of aromatic nitrogens is 4. The molecule has 0 radical (unpaired) electrons. The molecule has 0 spiro atoms. The number of carbonyl (C=O) groups is 1. The van der Waals surface area contributed by atoms with E-state index in [1.54, 1.807) is 29.3 Å². The molecule has 1 amide bonds. The lowest BCUT2D eigenvalue weighted by molar-refractivity contribution is 0.1000. The summed E-state index contributed by atoms with van der Waals surface area (Å²) < 4.78 is 1.60. The molecular weight excluding hydrogens is 242 g/mol.